The second-order valence-corrected chi connectivity index (χ2v) is 7.36. The zero-order valence-electron chi connectivity index (χ0n) is 16.0. The molecule has 0 heterocycles. The maximum absolute atomic E-state index is 12.3. The van der Waals surface area contributed by atoms with E-state index >= 15 is 0 Å². The van der Waals surface area contributed by atoms with E-state index in [0.717, 1.165) is 5.56 Å². The van der Waals surface area contributed by atoms with Crippen molar-refractivity contribution in [3.63, 3.8) is 0 Å². The first kappa shape index (κ1) is 21.7. The molecule has 0 fully saturated rings. The summed E-state index contributed by atoms with van der Waals surface area (Å²) in [5.74, 6) is -0.321. The molecule has 0 saturated heterocycles. The summed E-state index contributed by atoms with van der Waals surface area (Å²) in [5, 5.41) is 18.5. The number of amides is 3. The van der Waals surface area contributed by atoms with Crippen molar-refractivity contribution in [2.24, 2.45) is 5.92 Å². The number of anilines is 1. The van der Waals surface area contributed by atoms with Crippen LogP contribution in [0.2, 0.25) is 5.02 Å². The summed E-state index contributed by atoms with van der Waals surface area (Å²) in [4.78, 5) is 24.0. The highest BCUT2D eigenvalue weighted by Crippen LogP contribution is 2.14. The van der Waals surface area contributed by atoms with Crippen LogP contribution in [0.1, 0.15) is 29.8 Å². The molecule has 28 heavy (non-hydrogen) atoms. The number of halogens is 1. The molecule has 0 aliphatic rings. The lowest BCUT2D eigenvalue weighted by atomic mass is 10.00. The number of aliphatic hydroxyl groups is 1. The predicted molar refractivity (Wildman–Crippen MR) is 112 cm³/mol. The van der Waals surface area contributed by atoms with Gasteiger partial charge in [0, 0.05) is 41.4 Å². The summed E-state index contributed by atoms with van der Waals surface area (Å²) < 4.78 is 0. The lowest BCUT2D eigenvalue weighted by Crippen LogP contribution is -2.34. The molecular formula is C21H26ClN3O3. The van der Waals surface area contributed by atoms with Crippen LogP contribution in [0, 0.1) is 5.92 Å². The SMILES string of the molecule is CC(C)NC(=O)Nc1ccc(C(=O)NC[C@@H](CO)Cc2ccc(Cl)cc2)cc1. The largest absolute Gasteiger partial charge is 0.396 e. The van der Waals surface area contributed by atoms with Gasteiger partial charge in [-0.1, -0.05) is 23.7 Å². The van der Waals surface area contributed by atoms with Crippen molar-refractivity contribution in [1.82, 2.24) is 10.6 Å². The Morgan fingerprint density at radius 3 is 2.25 bits per heavy atom. The van der Waals surface area contributed by atoms with E-state index in [1.165, 1.54) is 0 Å². The third-order valence-corrected chi connectivity index (χ3v) is 4.32. The molecule has 150 valence electrons. The molecule has 6 nitrogen and oxygen atoms in total. The lowest BCUT2D eigenvalue weighted by Gasteiger charge is -2.15. The normalized spacial score (nSPS) is 11.8. The molecule has 7 heteroatoms. The highest BCUT2D eigenvalue weighted by Gasteiger charge is 2.12. The van der Waals surface area contributed by atoms with Gasteiger partial charge in [0.2, 0.25) is 0 Å². The number of aliphatic hydroxyl groups excluding tert-OH is 1. The maximum atomic E-state index is 12.3. The zero-order valence-corrected chi connectivity index (χ0v) is 16.8. The van der Waals surface area contributed by atoms with Gasteiger partial charge >= 0.3 is 6.03 Å². The van der Waals surface area contributed by atoms with Gasteiger partial charge in [-0.3, -0.25) is 4.79 Å². The monoisotopic (exact) mass is 403 g/mol. The molecule has 0 bridgehead atoms. The fourth-order valence-corrected chi connectivity index (χ4v) is 2.75. The molecule has 0 radical (unpaired) electrons. The topological polar surface area (TPSA) is 90.5 Å². The van der Waals surface area contributed by atoms with E-state index in [0.29, 0.717) is 29.2 Å². The highest BCUT2D eigenvalue weighted by atomic mass is 35.5. The highest BCUT2D eigenvalue weighted by molar-refractivity contribution is 6.30. The second-order valence-electron chi connectivity index (χ2n) is 6.92. The summed E-state index contributed by atoms with van der Waals surface area (Å²) in [6.45, 7) is 4.07. The fraction of sp³-hybridized carbons (Fsp3) is 0.333. The molecule has 0 spiro atoms. The molecule has 0 aliphatic heterocycles. The average molecular weight is 404 g/mol. The molecule has 0 unspecified atom stereocenters. The van der Waals surface area contributed by atoms with Crippen molar-refractivity contribution in [1.29, 1.82) is 0 Å². The smallest absolute Gasteiger partial charge is 0.319 e. The lowest BCUT2D eigenvalue weighted by molar-refractivity contribution is 0.0940. The maximum Gasteiger partial charge on any atom is 0.319 e. The standard InChI is InChI=1S/C21H26ClN3O3/c1-14(2)24-21(28)25-19-9-5-17(6-10-19)20(27)23-12-16(13-26)11-15-3-7-18(22)8-4-15/h3-10,14,16,26H,11-13H2,1-2H3,(H,23,27)(H2,24,25,28)/t16-/m0/s1. The van der Waals surface area contributed by atoms with Gasteiger partial charge in [0.25, 0.3) is 5.91 Å². The van der Waals surface area contributed by atoms with E-state index in [9.17, 15) is 14.7 Å². The number of urea groups is 1. The van der Waals surface area contributed by atoms with Crippen LogP contribution in [0.3, 0.4) is 0 Å². The van der Waals surface area contributed by atoms with Crippen LogP contribution in [0.25, 0.3) is 0 Å². The summed E-state index contributed by atoms with van der Waals surface area (Å²) in [6.07, 6.45) is 0.641. The zero-order chi connectivity index (χ0) is 20.5. The Morgan fingerprint density at radius 2 is 1.68 bits per heavy atom. The quantitative estimate of drug-likeness (QED) is 0.544. The second kappa shape index (κ2) is 10.7. The first-order valence-electron chi connectivity index (χ1n) is 9.18. The third kappa shape index (κ3) is 7.21. The fourth-order valence-electron chi connectivity index (χ4n) is 2.63. The van der Waals surface area contributed by atoms with Crippen molar-refractivity contribution in [3.05, 3.63) is 64.7 Å². The Morgan fingerprint density at radius 1 is 1.04 bits per heavy atom. The molecule has 0 aromatic heterocycles. The van der Waals surface area contributed by atoms with Gasteiger partial charge in [-0.05, 0) is 62.2 Å². The Labute approximate surface area is 170 Å². The van der Waals surface area contributed by atoms with Crippen LogP contribution in [0.4, 0.5) is 10.5 Å². The Bertz CT molecular complexity index is 776. The number of hydrogen-bond donors (Lipinski definition) is 4. The van der Waals surface area contributed by atoms with E-state index < -0.39 is 0 Å². The van der Waals surface area contributed by atoms with Gasteiger partial charge in [0.1, 0.15) is 0 Å². The summed E-state index contributed by atoms with van der Waals surface area (Å²) >= 11 is 5.88. The van der Waals surface area contributed by atoms with Gasteiger partial charge in [0.05, 0.1) is 0 Å². The molecule has 4 N–H and O–H groups in total. The van der Waals surface area contributed by atoms with E-state index in [1.54, 1.807) is 36.4 Å². The number of carbonyl (C=O) groups excluding carboxylic acids is 2. The van der Waals surface area contributed by atoms with Gasteiger partial charge in [0.15, 0.2) is 0 Å². The number of carbonyl (C=O) groups is 2. The van der Waals surface area contributed by atoms with Gasteiger partial charge in [-0.15, -0.1) is 0 Å². The molecule has 2 aromatic rings. The van der Waals surface area contributed by atoms with Gasteiger partial charge in [-0.25, -0.2) is 4.79 Å². The third-order valence-electron chi connectivity index (χ3n) is 4.07. The molecule has 2 aromatic carbocycles. The van der Waals surface area contributed by atoms with E-state index in [4.69, 9.17) is 11.6 Å². The van der Waals surface area contributed by atoms with Gasteiger partial charge in [-0.2, -0.15) is 0 Å². The van der Waals surface area contributed by atoms with Crippen LogP contribution in [0.5, 0.6) is 0 Å². The molecule has 3 amide bonds. The molecule has 0 aliphatic carbocycles. The molecule has 2 rings (SSSR count). The molecular weight excluding hydrogens is 378 g/mol. The van der Waals surface area contributed by atoms with Crippen LogP contribution in [-0.2, 0) is 6.42 Å². The van der Waals surface area contributed by atoms with Crippen molar-refractivity contribution >= 4 is 29.2 Å². The molecule has 1 atom stereocenters. The van der Waals surface area contributed by atoms with Crippen LogP contribution < -0.4 is 16.0 Å². The number of hydrogen-bond acceptors (Lipinski definition) is 3. The Kier molecular flexibility index (Phi) is 8.29. The predicted octanol–water partition coefficient (Wildman–Crippen LogP) is 3.45. The van der Waals surface area contributed by atoms with Crippen molar-refractivity contribution in [2.75, 3.05) is 18.5 Å². The first-order valence-corrected chi connectivity index (χ1v) is 9.56. The van der Waals surface area contributed by atoms with Crippen molar-refractivity contribution in [3.8, 4) is 0 Å². The van der Waals surface area contributed by atoms with Crippen LogP contribution in [0.15, 0.2) is 48.5 Å². The van der Waals surface area contributed by atoms with Crippen molar-refractivity contribution in [2.45, 2.75) is 26.3 Å². The first-order chi connectivity index (χ1) is 13.4. The summed E-state index contributed by atoms with van der Waals surface area (Å²) in [7, 11) is 0. The summed E-state index contributed by atoms with van der Waals surface area (Å²) in [5.41, 5.74) is 2.14. The van der Waals surface area contributed by atoms with E-state index in [1.807, 2.05) is 26.0 Å². The van der Waals surface area contributed by atoms with E-state index in [-0.39, 0.29) is 30.5 Å². The van der Waals surface area contributed by atoms with E-state index in [2.05, 4.69) is 16.0 Å². The Hall–Kier alpha value is -2.57. The minimum absolute atomic E-state index is 0.0310. The number of nitrogens with one attached hydrogen (secondary N) is 3. The Balaban J connectivity index is 1.85. The number of rotatable bonds is 8. The van der Waals surface area contributed by atoms with Crippen LogP contribution in [-0.4, -0.2) is 36.2 Å². The van der Waals surface area contributed by atoms with Crippen LogP contribution >= 0.6 is 11.6 Å². The minimum Gasteiger partial charge on any atom is -0.396 e. The average Bonchev–Trinajstić information content (AvgIpc) is 2.66. The molecule has 0 saturated carbocycles. The minimum atomic E-state index is -0.291. The summed E-state index contributed by atoms with van der Waals surface area (Å²) in [6, 6.07) is 13.8. The number of benzene rings is 2. The van der Waals surface area contributed by atoms with Crippen molar-refractivity contribution < 1.29 is 14.7 Å². The van der Waals surface area contributed by atoms with Gasteiger partial charge < -0.3 is 21.1 Å².